The molecule has 4 aromatic rings. The third kappa shape index (κ3) is 4.82. The van der Waals surface area contributed by atoms with Gasteiger partial charge in [0.2, 0.25) is 0 Å². The Morgan fingerprint density at radius 1 is 0.909 bits per heavy atom. The van der Waals surface area contributed by atoms with Crippen LogP contribution in [0.4, 0.5) is 5.13 Å². The Morgan fingerprint density at radius 3 is 2.33 bits per heavy atom. The van der Waals surface area contributed by atoms with Crippen molar-refractivity contribution in [1.82, 2.24) is 4.98 Å². The fourth-order valence-corrected chi connectivity index (χ4v) is 5.94. The van der Waals surface area contributed by atoms with Crippen molar-refractivity contribution in [1.29, 1.82) is 0 Å². The number of halogens is 4. The molecule has 0 fully saturated rings. The van der Waals surface area contributed by atoms with Gasteiger partial charge < -0.3 is 10.1 Å². The van der Waals surface area contributed by atoms with Gasteiger partial charge in [-0.1, -0.05) is 70.7 Å². The molecule has 1 N–H and O–H groups in total. The van der Waals surface area contributed by atoms with Crippen molar-refractivity contribution in [2.75, 3.05) is 11.9 Å². The van der Waals surface area contributed by atoms with E-state index in [9.17, 15) is 0 Å². The van der Waals surface area contributed by atoms with Gasteiger partial charge in [0.05, 0.1) is 22.3 Å². The van der Waals surface area contributed by atoms with Crippen LogP contribution in [0.1, 0.15) is 21.6 Å². The van der Waals surface area contributed by atoms with Crippen LogP contribution in [0.15, 0.2) is 54.6 Å². The molecule has 0 saturated heterocycles. The second kappa shape index (κ2) is 9.73. The van der Waals surface area contributed by atoms with E-state index >= 15 is 0 Å². The first kappa shape index (κ1) is 22.8. The average molecular weight is 536 g/mol. The summed E-state index contributed by atoms with van der Waals surface area (Å²) in [6.07, 6.45) is 1.46. The number of fused-ring (bicyclic) bond motifs is 1. The Balaban J connectivity index is 1.49. The highest BCUT2D eigenvalue weighted by atomic mass is 35.5. The molecule has 0 unspecified atom stereocenters. The number of aromatic nitrogens is 1. The number of nitrogens with zero attached hydrogens (tertiary/aromatic N) is 1. The third-order valence-electron chi connectivity index (χ3n) is 5.49. The van der Waals surface area contributed by atoms with Gasteiger partial charge in [-0.15, -0.1) is 11.3 Å². The van der Waals surface area contributed by atoms with Gasteiger partial charge in [-0.25, -0.2) is 4.98 Å². The van der Waals surface area contributed by atoms with Crippen LogP contribution in [0.3, 0.4) is 0 Å². The summed E-state index contributed by atoms with van der Waals surface area (Å²) in [5, 5.41) is 6.54. The molecule has 0 saturated carbocycles. The molecule has 0 spiro atoms. The lowest BCUT2D eigenvalue weighted by Crippen LogP contribution is -1.99. The van der Waals surface area contributed by atoms with E-state index in [2.05, 4.69) is 17.4 Å². The van der Waals surface area contributed by atoms with Gasteiger partial charge in [-0.2, -0.15) is 0 Å². The first-order valence-electron chi connectivity index (χ1n) is 10.3. The fourth-order valence-electron chi connectivity index (χ4n) is 3.86. The van der Waals surface area contributed by atoms with Crippen LogP contribution in [0.25, 0.3) is 11.3 Å². The molecule has 0 atom stereocenters. The standard InChI is InChI=1S/C25H18Cl4N2OS/c26-17-3-1-4-18(27)16(17)12-22-24(23-19(28)5-2-6-20(23)29)31-25(33-22)30-13-14-7-8-21-15(11-14)9-10-32-21/h1-8,11H,9-10,12-13H2,(H,30,31). The molecule has 3 nitrogen and oxygen atoms in total. The SMILES string of the molecule is Clc1cccc(Cl)c1Cc1sc(NCc2ccc3c(c2)CCO3)nc1-c1c(Cl)cccc1Cl. The van der Waals surface area contributed by atoms with Crippen LogP contribution in [0, 0.1) is 0 Å². The summed E-state index contributed by atoms with van der Waals surface area (Å²) in [5.74, 6) is 0.975. The van der Waals surface area contributed by atoms with Crippen LogP contribution in [0.5, 0.6) is 5.75 Å². The highest BCUT2D eigenvalue weighted by molar-refractivity contribution is 7.16. The van der Waals surface area contributed by atoms with Crippen molar-refractivity contribution < 1.29 is 4.74 Å². The number of hydrogen-bond donors (Lipinski definition) is 1. The lowest BCUT2D eigenvalue weighted by atomic mass is 10.1. The highest BCUT2D eigenvalue weighted by Gasteiger charge is 2.20. The van der Waals surface area contributed by atoms with Gasteiger partial charge in [0.1, 0.15) is 5.75 Å². The molecule has 168 valence electrons. The van der Waals surface area contributed by atoms with Crippen molar-refractivity contribution in [3.05, 3.63) is 96.3 Å². The van der Waals surface area contributed by atoms with Gasteiger partial charge in [-0.05, 0) is 47.0 Å². The highest BCUT2D eigenvalue weighted by Crippen LogP contribution is 2.41. The summed E-state index contributed by atoms with van der Waals surface area (Å²) in [5.41, 5.74) is 4.70. The Kier molecular flexibility index (Phi) is 6.73. The Morgan fingerprint density at radius 2 is 1.61 bits per heavy atom. The van der Waals surface area contributed by atoms with Crippen molar-refractivity contribution in [2.45, 2.75) is 19.4 Å². The smallest absolute Gasteiger partial charge is 0.183 e. The molecule has 0 radical (unpaired) electrons. The fraction of sp³-hybridized carbons (Fsp3) is 0.160. The molecule has 3 aromatic carbocycles. The maximum Gasteiger partial charge on any atom is 0.183 e. The van der Waals surface area contributed by atoms with Gasteiger partial charge in [0.15, 0.2) is 5.13 Å². The predicted molar refractivity (Wildman–Crippen MR) is 140 cm³/mol. The van der Waals surface area contributed by atoms with E-state index in [0.29, 0.717) is 38.6 Å². The quantitative estimate of drug-likeness (QED) is 0.268. The summed E-state index contributed by atoms with van der Waals surface area (Å²) in [4.78, 5) is 5.85. The number of ether oxygens (including phenoxy) is 1. The molecule has 5 rings (SSSR count). The number of rotatable bonds is 6. The van der Waals surface area contributed by atoms with E-state index < -0.39 is 0 Å². The van der Waals surface area contributed by atoms with Crippen molar-refractivity contribution in [3.8, 4) is 17.0 Å². The molecule has 0 amide bonds. The molecule has 0 aliphatic carbocycles. The summed E-state index contributed by atoms with van der Waals surface area (Å²) in [6.45, 7) is 1.39. The number of benzene rings is 3. The minimum absolute atomic E-state index is 0.519. The number of anilines is 1. The second-order valence-corrected chi connectivity index (χ2v) is 10.4. The van der Waals surface area contributed by atoms with Crippen LogP contribution in [-0.4, -0.2) is 11.6 Å². The maximum absolute atomic E-state index is 6.53. The topological polar surface area (TPSA) is 34.1 Å². The number of hydrogen-bond acceptors (Lipinski definition) is 4. The largest absolute Gasteiger partial charge is 0.493 e. The Bertz CT molecular complexity index is 1300. The minimum atomic E-state index is 0.519. The van der Waals surface area contributed by atoms with Crippen LogP contribution < -0.4 is 10.1 Å². The van der Waals surface area contributed by atoms with Gasteiger partial charge in [0.25, 0.3) is 0 Å². The van der Waals surface area contributed by atoms with Crippen LogP contribution in [-0.2, 0) is 19.4 Å². The van der Waals surface area contributed by atoms with Gasteiger partial charge >= 0.3 is 0 Å². The number of thiazole rings is 1. The molecule has 1 aromatic heterocycles. The third-order valence-corrected chi connectivity index (χ3v) is 7.84. The van der Waals surface area contributed by atoms with Crippen LogP contribution in [0.2, 0.25) is 20.1 Å². The zero-order valence-electron chi connectivity index (χ0n) is 17.3. The van der Waals surface area contributed by atoms with Crippen molar-refractivity contribution in [2.24, 2.45) is 0 Å². The van der Waals surface area contributed by atoms with E-state index in [1.165, 1.54) is 11.1 Å². The molecule has 1 aliphatic heterocycles. The first-order valence-corrected chi connectivity index (χ1v) is 12.7. The molecule has 0 bridgehead atoms. The summed E-state index contributed by atoms with van der Waals surface area (Å²) < 4.78 is 5.61. The van der Waals surface area contributed by atoms with E-state index in [1.54, 1.807) is 11.3 Å². The van der Waals surface area contributed by atoms with Crippen molar-refractivity contribution in [3.63, 3.8) is 0 Å². The first-order chi connectivity index (χ1) is 16.0. The zero-order chi connectivity index (χ0) is 22.9. The van der Waals surface area contributed by atoms with E-state index in [-0.39, 0.29) is 0 Å². The Labute approximate surface area is 216 Å². The predicted octanol–water partition coefficient (Wildman–Crippen LogP) is 8.56. The monoisotopic (exact) mass is 534 g/mol. The van der Waals surface area contributed by atoms with Crippen LogP contribution >= 0.6 is 57.7 Å². The normalized spacial score (nSPS) is 12.5. The molecule has 8 heteroatoms. The average Bonchev–Trinajstić information content (AvgIpc) is 3.41. The molecule has 2 heterocycles. The Hall–Kier alpha value is -1.95. The van der Waals surface area contributed by atoms with Gasteiger partial charge in [-0.3, -0.25) is 0 Å². The number of nitrogens with one attached hydrogen (secondary N) is 1. The van der Waals surface area contributed by atoms with E-state index in [4.69, 9.17) is 56.1 Å². The maximum atomic E-state index is 6.53. The minimum Gasteiger partial charge on any atom is -0.493 e. The summed E-state index contributed by atoms with van der Waals surface area (Å²) in [6, 6.07) is 17.2. The zero-order valence-corrected chi connectivity index (χ0v) is 21.1. The summed E-state index contributed by atoms with van der Waals surface area (Å²) in [7, 11) is 0. The lowest BCUT2D eigenvalue weighted by molar-refractivity contribution is 0.357. The van der Waals surface area contributed by atoms with E-state index in [0.717, 1.165) is 40.0 Å². The molecular formula is C25H18Cl4N2OS. The molecule has 1 aliphatic rings. The van der Waals surface area contributed by atoms with Gasteiger partial charge in [0, 0.05) is 39.9 Å². The second-order valence-electron chi connectivity index (χ2n) is 7.66. The van der Waals surface area contributed by atoms with E-state index in [1.807, 2.05) is 42.5 Å². The van der Waals surface area contributed by atoms with Crippen molar-refractivity contribution >= 4 is 62.9 Å². The molecular weight excluding hydrogens is 518 g/mol. The molecule has 33 heavy (non-hydrogen) atoms. The lowest BCUT2D eigenvalue weighted by Gasteiger charge is -2.09. The summed E-state index contributed by atoms with van der Waals surface area (Å²) >= 11 is 27.5.